The van der Waals surface area contributed by atoms with Gasteiger partial charge in [0.05, 0.1) is 10.6 Å². The lowest BCUT2D eigenvalue weighted by atomic mass is 10.4. The molecular weight excluding hydrogens is 140 g/mol. The van der Waals surface area contributed by atoms with Gasteiger partial charge in [-0.2, -0.15) is 12.6 Å². The number of thiol groups is 1. The van der Waals surface area contributed by atoms with Crippen LogP contribution in [0.25, 0.3) is 0 Å². The molecular formula is C4H6N2S2. The molecule has 2 nitrogen and oxygen atoms in total. The zero-order valence-corrected chi connectivity index (χ0v) is 6.17. The maximum atomic E-state index is 4.08. The van der Waals surface area contributed by atoms with Crippen LogP contribution in [0.2, 0.25) is 0 Å². The highest BCUT2D eigenvalue weighted by Gasteiger charge is 1.97. The first-order chi connectivity index (χ1) is 3.84. The van der Waals surface area contributed by atoms with E-state index in [4.69, 9.17) is 0 Å². The minimum absolute atomic E-state index is 0.753. The van der Waals surface area contributed by atoms with Gasteiger partial charge in [0, 0.05) is 5.75 Å². The second-order valence-electron chi connectivity index (χ2n) is 1.44. The van der Waals surface area contributed by atoms with Gasteiger partial charge in [-0.05, 0) is 18.5 Å². The highest BCUT2D eigenvalue weighted by Crippen LogP contribution is 2.10. The van der Waals surface area contributed by atoms with E-state index in [1.807, 2.05) is 6.92 Å². The van der Waals surface area contributed by atoms with Gasteiger partial charge in [-0.25, -0.2) is 0 Å². The molecule has 8 heavy (non-hydrogen) atoms. The standard InChI is InChI=1S/C4H6N2S2/c1-3-4(2-7)8-6-5-3/h7H,2H2,1H3. The Bertz CT molecular complexity index is 172. The summed E-state index contributed by atoms with van der Waals surface area (Å²) >= 11 is 5.49. The Hall–Kier alpha value is -0.0900. The van der Waals surface area contributed by atoms with Crippen molar-refractivity contribution < 1.29 is 0 Å². The van der Waals surface area contributed by atoms with Gasteiger partial charge in [-0.1, -0.05) is 4.49 Å². The first-order valence-corrected chi connectivity index (χ1v) is 3.64. The van der Waals surface area contributed by atoms with Gasteiger partial charge in [-0.15, -0.1) is 5.10 Å². The van der Waals surface area contributed by atoms with Crippen molar-refractivity contribution in [1.82, 2.24) is 9.59 Å². The summed E-state index contributed by atoms with van der Waals surface area (Å²) in [6, 6.07) is 0. The predicted molar refractivity (Wildman–Crippen MR) is 37.3 cm³/mol. The molecule has 44 valence electrons. The molecule has 0 atom stereocenters. The summed E-state index contributed by atoms with van der Waals surface area (Å²) in [6.07, 6.45) is 0. The summed E-state index contributed by atoms with van der Waals surface area (Å²) in [6.45, 7) is 1.94. The largest absolute Gasteiger partial charge is 0.174 e. The third-order valence-electron chi connectivity index (χ3n) is 0.889. The molecule has 0 aliphatic heterocycles. The van der Waals surface area contributed by atoms with Gasteiger partial charge in [0.1, 0.15) is 0 Å². The summed E-state index contributed by atoms with van der Waals surface area (Å²) < 4.78 is 3.74. The van der Waals surface area contributed by atoms with Crippen molar-refractivity contribution in [2.24, 2.45) is 0 Å². The van der Waals surface area contributed by atoms with Crippen molar-refractivity contribution in [3.05, 3.63) is 10.6 Å². The lowest BCUT2D eigenvalue weighted by Gasteiger charge is -1.82. The lowest BCUT2D eigenvalue weighted by Crippen LogP contribution is -1.75. The van der Waals surface area contributed by atoms with Crippen LogP contribution in [0.1, 0.15) is 10.6 Å². The first-order valence-electron chi connectivity index (χ1n) is 2.23. The third-order valence-corrected chi connectivity index (χ3v) is 2.24. The average Bonchev–Trinajstić information content (AvgIpc) is 2.14. The van der Waals surface area contributed by atoms with Crippen LogP contribution in [0.15, 0.2) is 0 Å². The molecule has 0 amide bonds. The number of hydrogen-bond acceptors (Lipinski definition) is 4. The molecule has 0 N–H and O–H groups in total. The molecule has 0 radical (unpaired) electrons. The van der Waals surface area contributed by atoms with E-state index in [-0.39, 0.29) is 0 Å². The molecule has 1 heterocycles. The average molecular weight is 146 g/mol. The van der Waals surface area contributed by atoms with E-state index in [1.165, 1.54) is 11.5 Å². The minimum Gasteiger partial charge on any atom is -0.174 e. The van der Waals surface area contributed by atoms with Crippen molar-refractivity contribution >= 4 is 24.2 Å². The monoisotopic (exact) mass is 146 g/mol. The second kappa shape index (κ2) is 2.46. The van der Waals surface area contributed by atoms with Gasteiger partial charge in [0.15, 0.2) is 0 Å². The van der Waals surface area contributed by atoms with Crippen LogP contribution in [0.5, 0.6) is 0 Å². The summed E-state index contributed by atoms with van der Waals surface area (Å²) in [4.78, 5) is 1.16. The van der Waals surface area contributed by atoms with E-state index in [9.17, 15) is 0 Å². The van der Waals surface area contributed by atoms with Gasteiger partial charge >= 0.3 is 0 Å². The SMILES string of the molecule is Cc1nnsc1CS. The van der Waals surface area contributed by atoms with E-state index < -0.39 is 0 Å². The molecule has 1 rings (SSSR count). The topological polar surface area (TPSA) is 25.8 Å². The molecule has 1 aromatic heterocycles. The van der Waals surface area contributed by atoms with E-state index in [1.54, 1.807) is 0 Å². The lowest BCUT2D eigenvalue weighted by molar-refractivity contribution is 1.08. The summed E-state index contributed by atoms with van der Waals surface area (Å²) in [5, 5.41) is 3.81. The predicted octanol–water partition coefficient (Wildman–Crippen LogP) is 1.28. The van der Waals surface area contributed by atoms with E-state index in [0.29, 0.717) is 0 Å². The Morgan fingerprint density at radius 3 is 2.75 bits per heavy atom. The number of aryl methyl sites for hydroxylation is 1. The van der Waals surface area contributed by atoms with E-state index in [2.05, 4.69) is 22.2 Å². The summed E-state index contributed by atoms with van der Waals surface area (Å²) in [5.41, 5.74) is 1.00. The van der Waals surface area contributed by atoms with E-state index in [0.717, 1.165) is 16.3 Å². The molecule has 4 heteroatoms. The first kappa shape index (κ1) is 6.04. The maximum Gasteiger partial charge on any atom is 0.0765 e. The van der Waals surface area contributed by atoms with Crippen molar-refractivity contribution in [3.63, 3.8) is 0 Å². The van der Waals surface area contributed by atoms with Gasteiger partial charge in [0.2, 0.25) is 0 Å². The normalized spacial score (nSPS) is 9.75. The number of aromatic nitrogens is 2. The second-order valence-corrected chi connectivity index (χ2v) is 2.59. The highest BCUT2D eigenvalue weighted by molar-refractivity contribution is 7.79. The van der Waals surface area contributed by atoms with Gasteiger partial charge in [-0.3, -0.25) is 0 Å². The molecule has 1 aromatic rings. The fourth-order valence-corrected chi connectivity index (χ4v) is 1.29. The Labute approximate surface area is 57.5 Å². The molecule has 0 unspecified atom stereocenters. The fraction of sp³-hybridized carbons (Fsp3) is 0.500. The Morgan fingerprint density at radius 1 is 1.75 bits per heavy atom. The minimum atomic E-state index is 0.753. The number of rotatable bonds is 1. The third kappa shape index (κ3) is 1.00. The molecule has 0 fully saturated rings. The van der Waals surface area contributed by atoms with Crippen LogP contribution in [0.3, 0.4) is 0 Å². The summed E-state index contributed by atoms with van der Waals surface area (Å²) in [5.74, 6) is 0.753. The molecule has 0 saturated carbocycles. The van der Waals surface area contributed by atoms with Crippen LogP contribution >= 0.6 is 24.2 Å². The van der Waals surface area contributed by atoms with Crippen molar-refractivity contribution in [3.8, 4) is 0 Å². The van der Waals surface area contributed by atoms with E-state index >= 15 is 0 Å². The molecule has 0 aromatic carbocycles. The van der Waals surface area contributed by atoms with Crippen LogP contribution in [0, 0.1) is 6.92 Å². The van der Waals surface area contributed by atoms with Gasteiger partial charge in [0.25, 0.3) is 0 Å². The number of hydrogen-bond donors (Lipinski definition) is 1. The zero-order chi connectivity index (χ0) is 5.98. The smallest absolute Gasteiger partial charge is 0.0765 e. The van der Waals surface area contributed by atoms with Crippen LogP contribution in [-0.2, 0) is 5.75 Å². The molecule has 0 aliphatic rings. The number of nitrogens with zero attached hydrogens (tertiary/aromatic N) is 2. The molecule has 0 aliphatic carbocycles. The van der Waals surface area contributed by atoms with Crippen molar-refractivity contribution in [2.45, 2.75) is 12.7 Å². The van der Waals surface area contributed by atoms with Gasteiger partial charge < -0.3 is 0 Å². The molecule has 0 spiro atoms. The molecule has 0 saturated heterocycles. The quantitative estimate of drug-likeness (QED) is 0.604. The Morgan fingerprint density at radius 2 is 2.50 bits per heavy atom. The Kier molecular flexibility index (Phi) is 1.85. The highest BCUT2D eigenvalue weighted by atomic mass is 32.1. The fourth-order valence-electron chi connectivity index (χ4n) is 0.396. The van der Waals surface area contributed by atoms with Crippen molar-refractivity contribution in [1.29, 1.82) is 0 Å². The van der Waals surface area contributed by atoms with Crippen LogP contribution in [-0.4, -0.2) is 9.59 Å². The van der Waals surface area contributed by atoms with Crippen LogP contribution < -0.4 is 0 Å². The van der Waals surface area contributed by atoms with Crippen LogP contribution in [0.4, 0.5) is 0 Å². The molecule has 0 bridgehead atoms. The summed E-state index contributed by atoms with van der Waals surface area (Å²) in [7, 11) is 0. The Balaban J connectivity index is 2.92. The zero-order valence-electron chi connectivity index (χ0n) is 4.46. The van der Waals surface area contributed by atoms with Crippen molar-refractivity contribution in [2.75, 3.05) is 0 Å². The maximum absolute atomic E-state index is 4.08.